The number of hydrogen-bond donors (Lipinski definition) is 0. The fourth-order valence-electron chi connectivity index (χ4n) is 4.14. The molecule has 1 aromatic heterocycles. The monoisotopic (exact) mass is 616 g/mol. The van der Waals surface area contributed by atoms with Crippen LogP contribution in [0.4, 0.5) is 0 Å². The van der Waals surface area contributed by atoms with Crippen molar-refractivity contribution in [1.29, 1.82) is 0 Å². The average Bonchev–Trinajstić information content (AvgIpc) is 3.17. The summed E-state index contributed by atoms with van der Waals surface area (Å²) < 4.78 is 19.4. The van der Waals surface area contributed by atoms with Gasteiger partial charge in [0.1, 0.15) is 18.1 Å². The minimum absolute atomic E-state index is 0.202. The Kier molecular flexibility index (Phi) is 8.91. The first-order chi connectivity index (χ1) is 18.3. The van der Waals surface area contributed by atoms with Crippen LogP contribution in [0.1, 0.15) is 37.9 Å². The van der Waals surface area contributed by atoms with E-state index in [1.54, 1.807) is 38.1 Å². The van der Waals surface area contributed by atoms with E-state index in [2.05, 4.69) is 27.5 Å². The maximum atomic E-state index is 13.9. The Labute approximate surface area is 237 Å². The molecule has 7 nitrogen and oxygen atoms in total. The zero-order valence-corrected chi connectivity index (χ0v) is 24.3. The first-order valence-corrected chi connectivity index (χ1v) is 13.9. The molecule has 10 heteroatoms. The third-order valence-corrected chi connectivity index (χ3v) is 7.48. The highest BCUT2D eigenvalue weighted by molar-refractivity contribution is 9.10. The molecule has 2 heterocycles. The number of esters is 1. The van der Waals surface area contributed by atoms with Crippen LogP contribution in [0.2, 0.25) is 5.02 Å². The van der Waals surface area contributed by atoms with E-state index in [1.807, 2.05) is 31.2 Å². The number of ether oxygens (including phenoxy) is 3. The summed E-state index contributed by atoms with van der Waals surface area (Å²) in [4.78, 5) is 32.0. The van der Waals surface area contributed by atoms with E-state index in [0.29, 0.717) is 53.8 Å². The topological polar surface area (TPSA) is 79.1 Å². The Balaban J connectivity index is 1.93. The summed E-state index contributed by atoms with van der Waals surface area (Å²) in [5.74, 6) is 0.716. The maximum Gasteiger partial charge on any atom is 0.338 e. The van der Waals surface area contributed by atoms with Crippen molar-refractivity contribution in [3.05, 3.63) is 101 Å². The van der Waals surface area contributed by atoms with Crippen molar-refractivity contribution in [2.75, 3.05) is 19.8 Å². The quantitative estimate of drug-likeness (QED) is 0.244. The van der Waals surface area contributed by atoms with E-state index in [0.717, 1.165) is 5.56 Å². The first-order valence-electron chi connectivity index (χ1n) is 11.9. The van der Waals surface area contributed by atoms with Crippen LogP contribution in [-0.2, 0) is 9.53 Å². The molecule has 0 saturated heterocycles. The van der Waals surface area contributed by atoms with E-state index in [1.165, 1.54) is 15.9 Å². The number of aromatic nitrogens is 1. The number of thiazole rings is 1. The Hall–Kier alpha value is -3.14. The van der Waals surface area contributed by atoms with Gasteiger partial charge < -0.3 is 14.2 Å². The third kappa shape index (κ3) is 5.65. The molecule has 0 N–H and O–H groups in total. The summed E-state index contributed by atoms with van der Waals surface area (Å²) in [6.07, 6.45) is 3.35. The summed E-state index contributed by atoms with van der Waals surface area (Å²) in [6, 6.07) is 10.1. The normalized spacial score (nSPS) is 15.1. The summed E-state index contributed by atoms with van der Waals surface area (Å²) >= 11 is 11.0. The molecule has 1 aliphatic rings. The van der Waals surface area contributed by atoms with Crippen molar-refractivity contribution < 1.29 is 19.0 Å². The van der Waals surface area contributed by atoms with Crippen molar-refractivity contribution in [2.45, 2.75) is 26.8 Å². The Morgan fingerprint density at radius 2 is 1.95 bits per heavy atom. The summed E-state index contributed by atoms with van der Waals surface area (Å²) in [6.45, 7) is 10.1. The lowest BCUT2D eigenvalue weighted by molar-refractivity contribution is -0.139. The summed E-state index contributed by atoms with van der Waals surface area (Å²) in [7, 11) is 0. The van der Waals surface area contributed by atoms with E-state index < -0.39 is 12.0 Å². The molecular formula is C28H26BrClN2O5S. The van der Waals surface area contributed by atoms with Gasteiger partial charge in [0.25, 0.3) is 5.56 Å². The van der Waals surface area contributed by atoms with E-state index in [4.69, 9.17) is 25.8 Å². The molecule has 198 valence electrons. The fraction of sp³-hybridized carbons (Fsp3) is 0.250. The first kappa shape index (κ1) is 27.9. The molecule has 1 atom stereocenters. The molecule has 0 amide bonds. The predicted octanol–water partition coefficient (Wildman–Crippen LogP) is 5.18. The number of halogens is 2. The second kappa shape index (κ2) is 12.1. The van der Waals surface area contributed by atoms with Crippen molar-refractivity contribution in [3.63, 3.8) is 0 Å². The number of carbonyl (C=O) groups excluding carboxylic acids is 1. The van der Waals surface area contributed by atoms with Crippen LogP contribution in [0, 0.1) is 0 Å². The average molecular weight is 618 g/mol. The summed E-state index contributed by atoms with van der Waals surface area (Å²) in [5, 5.41) is 0.481. The second-order valence-electron chi connectivity index (χ2n) is 8.21. The van der Waals surface area contributed by atoms with Crippen molar-refractivity contribution >= 4 is 50.9 Å². The van der Waals surface area contributed by atoms with Crippen LogP contribution in [-0.4, -0.2) is 30.4 Å². The highest BCUT2D eigenvalue weighted by Crippen LogP contribution is 2.34. The lowest BCUT2D eigenvalue weighted by atomic mass is 9.96. The molecule has 0 bridgehead atoms. The Morgan fingerprint density at radius 1 is 1.21 bits per heavy atom. The molecule has 1 aliphatic heterocycles. The molecule has 3 aromatic rings. The van der Waals surface area contributed by atoms with E-state index in [-0.39, 0.29) is 18.8 Å². The number of fused-ring (bicyclic) bond motifs is 1. The lowest BCUT2D eigenvalue weighted by Gasteiger charge is -2.24. The van der Waals surface area contributed by atoms with Crippen LogP contribution in [0.25, 0.3) is 6.08 Å². The molecule has 0 fully saturated rings. The van der Waals surface area contributed by atoms with E-state index >= 15 is 0 Å². The van der Waals surface area contributed by atoms with Gasteiger partial charge in [-0.05, 0) is 72.6 Å². The lowest BCUT2D eigenvalue weighted by Crippen LogP contribution is -2.39. The molecule has 4 rings (SSSR count). The summed E-state index contributed by atoms with van der Waals surface area (Å²) in [5.41, 5.74) is 1.87. The van der Waals surface area contributed by atoms with Gasteiger partial charge in [-0.25, -0.2) is 9.79 Å². The van der Waals surface area contributed by atoms with Gasteiger partial charge in [0.2, 0.25) is 0 Å². The van der Waals surface area contributed by atoms with Gasteiger partial charge in [0.15, 0.2) is 4.80 Å². The van der Waals surface area contributed by atoms with Crippen LogP contribution in [0.3, 0.4) is 0 Å². The number of carbonyl (C=O) groups is 1. The largest absolute Gasteiger partial charge is 0.494 e. The number of benzene rings is 2. The van der Waals surface area contributed by atoms with Crippen LogP contribution in [0.15, 0.2) is 74.6 Å². The highest BCUT2D eigenvalue weighted by atomic mass is 79.9. The van der Waals surface area contributed by atoms with Gasteiger partial charge >= 0.3 is 5.97 Å². The molecule has 0 radical (unpaired) electrons. The van der Waals surface area contributed by atoms with Crippen molar-refractivity contribution in [2.24, 2.45) is 4.99 Å². The highest BCUT2D eigenvalue weighted by Gasteiger charge is 2.33. The second-order valence-corrected chi connectivity index (χ2v) is 10.5. The van der Waals surface area contributed by atoms with E-state index in [9.17, 15) is 9.59 Å². The fourth-order valence-corrected chi connectivity index (χ4v) is 6.13. The van der Waals surface area contributed by atoms with Crippen molar-refractivity contribution in [3.8, 4) is 11.5 Å². The van der Waals surface area contributed by atoms with Crippen LogP contribution in [0.5, 0.6) is 11.5 Å². The molecular weight excluding hydrogens is 592 g/mol. The molecule has 0 aliphatic carbocycles. The van der Waals surface area contributed by atoms with Gasteiger partial charge in [-0.3, -0.25) is 9.36 Å². The number of hydrogen-bond acceptors (Lipinski definition) is 7. The van der Waals surface area contributed by atoms with Gasteiger partial charge in [-0.1, -0.05) is 47.7 Å². The van der Waals surface area contributed by atoms with Gasteiger partial charge in [0.05, 0.1) is 39.5 Å². The smallest absolute Gasteiger partial charge is 0.338 e. The van der Waals surface area contributed by atoms with Gasteiger partial charge in [0, 0.05) is 10.6 Å². The molecule has 0 spiro atoms. The SMILES string of the molecule is C=CCOc1c(Br)cc(Cl)cc1/C=c1\sc2n(c1=O)[C@@H](c1ccc(OCC)cc1)C(C(=O)OCC)=C(C)N=2. The number of allylic oxidation sites excluding steroid dienone is 1. The maximum absolute atomic E-state index is 13.9. The molecule has 0 unspecified atom stereocenters. The van der Waals surface area contributed by atoms with Crippen LogP contribution < -0.4 is 24.4 Å². The molecule has 38 heavy (non-hydrogen) atoms. The predicted molar refractivity (Wildman–Crippen MR) is 153 cm³/mol. The number of nitrogens with zero attached hydrogens (tertiary/aromatic N) is 2. The number of rotatable bonds is 9. The Bertz CT molecular complexity index is 1590. The standard InChI is InChI=1S/C28H26BrClN2O5S/c1-5-12-37-25-18(13-19(30)15-21(25)29)14-22-26(33)32-24(17-8-10-20(11-9-17)35-6-2)23(27(34)36-7-3)16(4)31-28(32)38-22/h5,8-11,13-15,24H,1,6-7,12H2,2-4H3/b22-14-/t24-/m0/s1. The molecule has 0 saturated carbocycles. The molecule has 2 aromatic carbocycles. The van der Waals surface area contributed by atoms with Crippen LogP contribution >= 0.6 is 38.9 Å². The van der Waals surface area contributed by atoms with Gasteiger partial charge in [-0.15, -0.1) is 0 Å². The van der Waals surface area contributed by atoms with Gasteiger partial charge in [-0.2, -0.15) is 0 Å². The zero-order valence-electron chi connectivity index (χ0n) is 21.1. The minimum atomic E-state index is -0.717. The Morgan fingerprint density at radius 3 is 2.61 bits per heavy atom. The van der Waals surface area contributed by atoms with Crippen molar-refractivity contribution in [1.82, 2.24) is 4.57 Å². The third-order valence-electron chi connectivity index (χ3n) is 5.69. The minimum Gasteiger partial charge on any atom is -0.494 e. The zero-order chi connectivity index (χ0) is 27.4.